The largest absolute Gasteiger partial charge is 0.395 e. The molecule has 110 valence electrons. The highest BCUT2D eigenvalue weighted by molar-refractivity contribution is 7.10. The summed E-state index contributed by atoms with van der Waals surface area (Å²) in [6.45, 7) is 1.44. The van der Waals surface area contributed by atoms with E-state index in [1.165, 1.54) is 16.2 Å². The third kappa shape index (κ3) is 3.48. The molecule has 0 saturated carbocycles. The lowest BCUT2D eigenvalue weighted by Gasteiger charge is -2.31. The summed E-state index contributed by atoms with van der Waals surface area (Å²) in [4.78, 5) is 37.2. The Hall–Kier alpha value is -2.17. The molecule has 6 nitrogen and oxygen atoms in total. The topological polar surface area (TPSA) is 86.7 Å². The number of carbonyl (C=O) groups excluding carboxylic acids is 3. The lowest BCUT2D eigenvalue weighted by atomic mass is 10.1. The monoisotopic (exact) mass is 306 g/mol. The van der Waals surface area contributed by atoms with Crippen LogP contribution in [0.25, 0.3) is 0 Å². The van der Waals surface area contributed by atoms with Crippen molar-refractivity contribution in [1.29, 1.82) is 0 Å². The molecule has 1 aliphatic rings. The Morgan fingerprint density at radius 3 is 3.05 bits per heavy atom. The molecule has 1 aromatic heterocycles. The fourth-order valence-electron chi connectivity index (χ4n) is 1.85. The lowest BCUT2D eigenvalue weighted by molar-refractivity contribution is -0.138. The molecular weight excluding hydrogens is 292 g/mol. The van der Waals surface area contributed by atoms with E-state index in [0.29, 0.717) is 16.9 Å². The minimum absolute atomic E-state index is 0.00726. The SMILES string of the molecule is CC1C(=O)NC(=O)CN1C(=O)c1csc(C#CCCO)c1. The van der Waals surface area contributed by atoms with Crippen LogP contribution in [0.3, 0.4) is 0 Å². The summed E-state index contributed by atoms with van der Waals surface area (Å²) in [5.41, 5.74) is 0.405. The zero-order chi connectivity index (χ0) is 15.4. The second-order valence-electron chi connectivity index (χ2n) is 4.50. The molecule has 1 fully saturated rings. The van der Waals surface area contributed by atoms with Crippen molar-refractivity contribution in [2.24, 2.45) is 0 Å². The minimum atomic E-state index is -0.681. The van der Waals surface area contributed by atoms with Gasteiger partial charge in [0.05, 0.1) is 17.0 Å². The van der Waals surface area contributed by atoms with Crippen LogP contribution >= 0.6 is 11.3 Å². The van der Waals surface area contributed by atoms with Crippen molar-refractivity contribution < 1.29 is 19.5 Å². The maximum Gasteiger partial charge on any atom is 0.255 e. The zero-order valence-corrected chi connectivity index (χ0v) is 12.2. The first-order valence-corrected chi connectivity index (χ1v) is 7.24. The van der Waals surface area contributed by atoms with E-state index in [1.54, 1.807) is 18.4 Å². The average molecular weight is 306 g/mol. The number of hydrogen-bond donors (Lipinski definition) is 2. The Labute approximate surface area is 125 Å². The van der Waals surface area contributed by atoms with Gasteiger partial charge in [-0.05, 0) is 13.0 Å². The quantitative estimate of drug-likeness (QED) is 0.593. The summed E-state index contributed by atoms with van der Waals surface area (Å²) in [5, 5.41) is 12.5. The Balaban J connectivity index is 2.15. The van der Waals surface area contributed by atoms with Gasteiger partial charge >= 0.3 is 0 Å². The van der Waals surface area contributed by atoms with Gasteiger partial charge in [-0.2, -0.15) is 0 Å². The van der Waals surface area contributed by atoms with Gasteiger partial charge in [0.25, 0.3) is 5.91 Å². The van der Waals surface area contributed by atoms with E-state index in [-0.39, 0.29) is 19.1 Å². The normalized spacial score (nSPS) is 18.0. The van der Waals surface area contributed by atoms with Crippen molar-refractivity contribution in [2.45, 2.75) is 19.4 Å². The summed E-state index contributed by atoms with van der Waals surface area (Å²) >= 11 is 1.31. The minimum Gasteiger partial charge on any atom is -0.395 e. The maximum absolute atomic E-state index is 12.4. The van der Waals surface area contributed by atoms with Crippen molar-refractivity contribution in [3.05, 3.63) is 21.9 Å². The molecular formula is C14H14N2O4S. The smallest absolute Gasteiger partial charge is 0.255 e. The first-order chi connectivity index (χ1) is 10.0. The van der Waals surface area contributed by atoms with Crippen LogP contribution in [0.1, 0.15) is 28.6 Å². The van der Waals surface area contributed by atoms with Gasteiger partial charge in [-0.1, -0.05) is 11.8 Å². The average Bonchev–Trinajstić information content (AvgIpc) is 2.91. The van der Waals surface area contributed by atoms with Crippen LogP contribution < -0.4 is 5.32 Å². The Morgan fingerprint density at radius 2 is 2.33 bits per heavy atom. The lowest BCUT2D eigenvalue weighted by Crippen LogP contribution is -2.58. The number of aliphatic hydroxyl groups is 1. The third-order valence-corrected chi connectivity index (χ3v) is 3.82. The first-order valence-electron chi connectivity index (χ1n) is 6.36. The third-order valence-electron chi connectivity index (χ3n) is 2.98. The molecule has 0 aliphatic carbocycles. The Kier molecular flexibility index (Phi) is 4.73. The maximum atomic E-state index is 12.4. The highest BCUT2D eigenvalue weighted by Crippen LogP contribution is 2.18. The fourth-order valence-corrected chi connectivity index (χ4v) is 2.60. The number of nitrogens with one attached hydrogen (secondary N) is 1. The summed E-state index contributed by atoms with van der Waals surface area (Å²) in [7, 11) is 0. The molecule has 1 unspecified atom stereocenters. The van der Waals surface area contributed by atoms with Crippen LogP contribution in [-0.2, 0) is 9.59 Å². The van der Waals surface area contributed by atoms with Crippen LogP contribution in [0.2, 0.25) is 0 Å². The van der Waals surface area contributed by atoms with Gasteiger partial charge in [0.1, 0.15) is 12.6 Å². The van der Waals surface area contributed by atoms with Crippen LogP contribution in [-0.4, -0.2) is 46.9 Å². The van der Waals surface area contributed by atoms with E-state index in [4.69, 9.17) is 5.11 Å². The van der Waals surface area contributed by atoms with E-state index in [2.05, 4.69) is 17.2 Å². The Bertz CT molecular complexity index is 641. The summed E-state index contributed by atoms with van der Waals surface area (Å²) in [6.07, 6.45) is 0.374. The first kappa shape index (κ1) is 15.2. The Morgan fingerprint density at radius 1 is 1.57 bits per heavy atom. The summed E-state index contributed by atoms with van der Waals surface area (Å²) < 4.78 is 0. The van der Waals surface area contributed by atoms with E-state index in [0.717, 1.165) is 0 Å². The number of aliphatic hydroxyl groups excluding tert-OH is 1. The molecule has 0 bridgehead atoms. The second kappa shape index (κ2) is 6.52. The number of nitrogens with zero attached hydrogens (tertiary/aromatic N) is 1. The molecule has 1 atom stereocenters. The molecule has 2 heterocycles. The van der Waals surface area contributed by atoms with Gasteiger partial charge in [-0.3, -0.25) is 19.7 Å². The number of thiophene rings is 1. The van der Waals surface area contributed by atoms with Crippen molar-refractivity contribution in [3.8, 4) is 11.8 Å². The molecule has 1 aliphatic heterocycles. The predicted octanol–water partition coefficient (Wildman–Crippen LogP) is -0.0309. The van der Waals surface area contributed by atoms with Crippen molar-refractivity contribution in [2.75, 3.05) is 13.2 Å². The second-order valence-corrected chi connectivity index (χ2v) is 5.41. The standard InChI is InChI=1S/C14H14N2O4S/c1-9-13(19)15-12(18)7-16(9)14(20)10-6-11(21-8-10)4-2-3-5-17/h6,8-9,17H,3,5,7H2,1H3,(H,15,18,19). The molecule has 7 heteroatoms. The number of imide groups is 1. The van der Waals surface area contributed by atoms with Gasteiger partial charge in [0.15, 0.2) is 0 Å². The van der Waals surface area contributed by atoms with Crippen LogP contribution in [0.15, 0.2) is 11.4 Å². The van der Waals surface area contributed by atoms with Gasteiger partial charge in [-0.15, -0.1) is 11.3 Å². The van der Waals surface area contributed by atoms with Crippen LogP contribution in [0.4, 0.5) is 0 Å². The highest BCUT2D eigenvalue weighted by atomic mass is 32.1. The van der Waals surface area contributed by atoms with Crippen LogP contribution in [0.5, 0.6) is 0 Å². The fraction of sp³-hybridized carbons (Fsp3) is 0.357. The van der Waals surface area contributed by atoms with E-state index in [9.17, 15) is 14.4 Å². The molecule has 2 N–H and O–H groups in total. The summed E-state index contributed by atoms with van der Waals surface area (Å²) in [5.74, 6) is 4.30. The zero-order valence-electron chi connectivity index (χ0n) is 11.4. The molecule has 0 aromatic carbocycles. The van der Waals surface area contributed by atoms with Crippen molar-refractivity contribution in [1.82, 2.24) is 10.2 Å². The van der Waals surface area contributed by atoms with Gasteiger partial charge < -0.3 is 10.0 Å². The van der Waals surface area contributed by atoms with Gasteiger partial charge in [0.2, 0.25) is 11.8 Å². The number of hydrogen-bond acceptors (Lipinski definition) is 5. The number of piperazine rings is 1. The number of carbonyl (C=O) groups is 3. The van der Waals surface area contributed by atoms with E-state index in [1.807, 2.05) is 0 Å². The highest BCUT2D eigenvalue weighted by Gasteiger charge is 2.34. The van der Waals surface area contributed by atoms with E-state index >= 15 is 0 Å². The number of amides is 3. The number of rotatable bonds is 2. The van der Waals surface area contributed by atoms with Crippen LogP contribution in [0, 0.1) is 11.8 Å². The van der Waals surface area contributed by atoms with Gasteiger partial charge in [-0.25, -0.2) is 0 Å². The molecule has 0 radical (unpaired) electrons. The summed E-state index contributed by atoms with van der Waals surface area (Å²) in [6, 6.07) is 0.945. The molecule has 1 saturated heterocycles. The molecule has 1 aromatic rings. The van der Waals surface area contributed by atoms with Crippen molar-refractivity contribution in [3.63, 3.8) is 0 Å². The van der Waals surface area contributed by atoms with E-state index < -0.39 is 17.9 Å². The molecule has 21 heavy (non-hydrogen) atoms. The van der Waals surface area contributed by atoms with Crippen molar-refractivity contribution >= 4 is 29.1 Å². The molecule has 3 amide bonds. The predicted molar refractivity (Wildman–Crippen MR) is 76.5 cm³/mol. The van der Waals surface area contributed by atoms with Gasteiger partial charge in [0, 0.05) is 11.8 Å². The molecule has 0 spiro atoms. The molecule has 2 rings (SSSR count).